The molecule has 3 heterocycles. The fraction of sp³-hybridized carbons (Fsp3) is 0.333. The van der Waals surface area contributed by atoms with Gasteiger partial charge in [-0.05, 0) is 55.2 Å². The summed E-state index contributed by atoms with van der Waals surface area (Å²) in [6.45, 7) is 1.37. The highest BCUT2D eigenvalue weighted by atomic mass is 19.1. The zero-order valence-electron chi connectivity index (χ0n) is 19.1. The van der Waals surface area contributed by atoms with Gasteiger partial charge in [-0.3, -0.25) is 24.5 Å². The summed E-state index contributed by atoms with van der Waals surface area (Å²) in [5, 5.41) is 2.31. The van der Waals surface area contributed by atoms with E-state index in [1.54, 1.807) is 23.1 Å². The first-order chi connectivity index (χ1) is 16.9. The number of rotatable bonds is 2. The molecule has 1 atom stereocenters. The number of hydrogen-bond acceptors (Lipinski definition) is 4. The summed E-state index contributed by atoms with van der Waals surface area (Å²) in [6, 6.07) is 10.5. The third-order valence-electron chi connectivity index (χ3n) is 6.85. The predicted molar refractivity (Wildman–Crippen MR) is 124 cm³/mol. The molecular weight excluding hydrogens is 449 g/mol. The molecule has 2 saturated heterocycles. The lowest BCUT2D eigenvalue weighted by molar-refractivity contribution is -0.136. The van der Waals surface area contributed by atoms with Crippen molar-refractivity contribution < 1.29 is 23.6 Å². The van der Waals surface area contributed by atoms with Gasteiger partial charge in [0, 0.05) is 48.7 Å². The minimum atomic E-state index is -0.659. The molecular formula is C27H24FN3O4. The van der Waals surface area contributed by atoms with Crippen molar-refractivity contribution in [1.29, 1.82) is 0 Å². The lowest BCUT2D eigenvalue weighted by Gasteiger charge is -2.30. The molecule has 0 aromatic heterocycles. The number of carbonyl (C=O) groups excluding carboxylic acids is 4. The van der Waals surface area contributed by atoms with Gasteiger partial charge in [-0.15, -0.1) is 0 Å². The summed E-state index contributed by atoms with van der Waals surface area (Å²) in [5.41, 5.74) is 2.44. The van der Waals surface area contributed by atoms with E-state index in [4.69, 9.17) is 0 Å². The number of halogens is 1. The number of piperidine rings is 2. The molecule has 0 radical (unpaired) electrons. The molecule has 178 valence electrons. The Morgan fingerprint density at radius 1 is 1.03 bits per heavy atom. The summed E-state index contributed by atoms with van der Waals surface area (Å²) in [5.74, 6) is 5.05. The van der Waals surface area contributed by atoms with Gasteiger partial charge in [0.25, 0.3) is 11.8 Å². The molecule has 2 fully saturated rings. The molecule has 1 unspecified atom stereocenters. The van der Waals surface area contributed by atoms with Crippen molar-refractivity contribution in [3.05, 3.63) is 70.5 Å². The van der Waals surface area contributed by atoms with Gasteiger partial charge < -0.3 is 9.80 Å². The molecule has 5 rings (SSSR count). The number of imide groups is 1. The number of fused-ring (bicyclic) bond motifs is 1. The summed E-state index contributed by atoms with van der Waals surface area (Å²) in [6.07, 6.45) is 1.96. The smallest absolute Gasteiger partial charge is 0.255 e. The van der Waals surface area contributed by atoms with E-state index in [-0.39, 0.29) is 36.6 Å². The highest BCUT2D eigenvalue weighted by Gasteiger charge is 2.39. The van der Waals surface area contributed by atoms with Crippen molar-refractivity contribution in [2.45, 2.75) is 38.3 Å². The quantitative estimate of drug-likeness (QED) is 0.537. The monoisotopic (exact) mass is 473 g/mol. The Morgan fingerprint density at radius 2 is 1.80 bits per heavy atom. The van der Waals surface area contributed by atoms with E-state index in [2.05, 4.69) is 17.2 Å². The fourth-order valence-corrected chi connectivity index (χ4v) is 4.91. The van der Waals surface area contributed by atoms with E-state index >= 15 is 0 Å². The number of nitrogens with one attached hydrogen (secondary N) is 1. The highest BCUT2D eigenvalue weighted by Crippen LogP contribution is 2.29. The van der Waals surface area contributed by atoms with Crippen molar-refractivity contribution in [2.24, 2.45) is 5.92 Å². The van der Waals surface area contributed by atoms with Crippen LogP contribution >= 0.6 is 0 Å². The van der Waals surface area contributed by atoms with Crippen molar-refractivity contribution in [3.8, 4) is 11.8 Å². The normalized spacial score (nSPS) is 20.3. The SMILES string of the molecule is O=C1CCC(N2Cc3c(C#CC4CCN(C(=O)c5cccc(F)c5)CC4)cccc3C2=O)C(=O)N1. The van der Waals surface area contributed by atoms with Crippen molar-refractivity contribution in [2.75, 3.05) is 13.1 Å². The molecule has 8 heteroatoms. The van der Waals surface area contributed by atoms with Crippen LogP contribution in [0.2, 0.25) is 0 Å². The number of hydrogen-bond donors (Lipinski definition) is 1. The standard InChI is InChI=1S/C27H24FN3O4/c28-20-5-1-4-19(15-20)26(34)30-13-11-17(12-14-30)7-8-18-3-2-6-21-22(18)16-31(27(21)35)23-9-10-24(32)29-25(23)33/h1-6,15,17,23H,9-14,16H2,(H,29,32,33). The maximum Gasteiger partial charge on any atom is 0.255 e. The molecule has 0 bridgehead atoms. The topological polar surface area (TPSA) is 86.8 Å². The maximum absolute atomic E-state index is 13.5. The third-order valence-corrected chi connectivity index (χ3v) is 6.85. The third kappa shape index (κ3) is 4.54. The van der Waals surface area contributed by atoms with E-state index < -0.39 is 17.8 Å². The Kier molecular flexibility index (Phi) is 6.08. The molecule has 0 aliphatic carbocycles. The summed E-state index contributed by atoms with van der Waals surface area (Å²) < 4.78 is 13.5. The van der Waals surface area contributed by atoms with Gasteiger partial charge in [0.2, 0.25) is 11.8 Å². The average molecular weight is 474 g/mol. The van der Waals surface area contributed by atoms with E-state index in [1.165, 1.54) is 23.1 Å². The molecule has 0 spiro atoms. The Hall–Kier alpha value is -3.99. The van der Waals surface area contributed by atoms with Crippen molar-refractivity contribution >= 4 is 23.6 Å². The lowest BCUT2D eigenvalue weighted by atomic mass is 9.95. The predicted octanol–water partition coefficient (Wildman–Crippen LogP) is 2.49. The number of carbonyl (C=O) groups is 4. The molecule has 2 aromatic carbocycles. The van der Waals surface area contributed by atoms with Gasteiger partial charge in [-0.2, -0.15) is 0 Å². The highest BCUT2D eigenvalue weighted by molar-refractivity contribution is 6.05. The lowest BCUT2D eigenvalue weighted by Crippen LogP contribution is -2.52. The zero-order valence-corrected chi connectivity index (χ0v) is 19.1. The molecule has 35 heavy (non-hydrogen) atoms. The second-order valence-corrected chi connectivity index (χ2v) is 9.08. The Bertz CT molecular complexity index is 1290. The van der Waals surface area contributed by atoms with Crippen LogP contribution in [0.5, 0.6) is 0 Å². The Labute approximate surface area is 202 Å². The molecule has 4 amide bonds. The van der Waals surface area contributed by atoms with Gasteiger partial charge in [-0.1, -0.05) is 24.0 Å². The Balaban J connectivity index is 1.25. The second-order valence-electron chi connectivity index (χ2n) is 9.08. The van der Waals surface area contributed by atoms with Gasteiger partial charge in [0.15, 0.2) is 0 Å². The fourth-order valence-electron chi connectivity index (χ4n) is 4.91. The van der Waals surface area contributed by atoms with E-state index in [1.807, 2.05) is 6.07 Å². The van der Waals surface area contributed by atoms with Crippen LogP contribution in [0.15, 0.2) is 42.5 Å². The molecule has 0 saturated carbocycles. The molecule has 7 nitrogen and oxygen atoms in total. The van der Waals surface area contributed by atoms with Crippen LogP contribution in [0.25, 0.3) is 0 Å². The number of amides is 4. The van der Waals surface area contributed by atoms with Crippen molar-refractivity contribution in [3.63, 3.8) is 0 Å². The number of benzene rings is 2. The van der Waals surface area contributed by atoms with E-state index in [0.29, 0.717) is 43.5 Å². The molecule has 2 aromatic rings. The maximum atomic E-state index is 13.5. The minimum absolute atomic E-state index is 0.103. The minimum Gasteiger partial charge on any atom is -0.339 e. The Morgan fingerprint density at radius 3 is 2.54 bits per heavy atom. The van der Waals surface area contributed by atoms with Gasteiger partial charge in [-0.25, -0.2) is 4.39 Å². The number of likely N-dealkylation sites (tertiary alicyclic amines) is 1. The van der Waals surface area contributed by atoms with Crippen LogP contribution in [0.1, 0.15) is 57.5 Å². The van der Waals surface area contributed by atoms with Gasteiger partial charge >= 0.3 is 0 Å². The second kappa shape index (κ2) is 9.34. The first-order valence-electron chi connectivity index (χ1n) is 11.7. The zero-order chi connectivity index (χ0) is 24.5. The van der Waals surface area contributed by atoms with Gasteiger partial charge in [0.1, 0.15) is 11.9 Å². The van der Waals surface area contributed by atoms with E-state index in [9.17, 15) is 23.6 Å². The molecule has 3 aliphatic heterocycles. The van der Waals surface area contributed by atoms with Crippen LogP contribution < -0.4 is 5.32 Å². The summed E-state index contributed by atoms with van der Waals surface area (Å²) >= 11 is 0. The largest absolute Gasteiger partial charge is 0.339 e. The van der Waals surface area contributed by atoms with Crippen LogP contribution in [0.4, 0.5) is 4.39 Å². The first kappa shape index (κ1) is 22.8. The summed E-state index contributed by atoms with van der Waals surface area (Å²) in [4.78, 5) is 52.6. The number of nitrogens with zero attached hydrogens (tertiary/aromatic N) is 2. The van der Waals surface area contributed by atoms with Crippen LogP contribution in [-0.2, 0) is 16.1 Å². The first-order valence-corrected chi connectivity index (χ1v) is 11.7. The summed E-state index contributed by atoms with van der Waals surface area (Å²) in [7, 11) is 0. The average Bonchev–Trinajstić information content (AvgIpc) is 3.19. The van der Waals surface area contributed by atoms with Crippen LogP contribution in [0, 0.1) is 23.6 Å². The van der Waals surface area contributed by atoms with Crippen LogP contribution in [0.3, 0.4) is 0 Å². The van der Waals surface area contributed by atoms with Gasteiger partial charge in [0.05, 0.1) is 0 Å². The van der Waals surface area contributed by atoms with Crippen molar-refractivity contribution in [1.82, 2.24) is 15.1 Å². The molecule has 1 N–H and O–H groups in total. The van der Waals surface area contributed by atoms with Crippen LogP contribution in [-0.4, -0.2) is 52.6 Å². The molecule has 3 aliphatic rings. The van der Waals surface area contributed by atoms with E-state index in [0.717, 1.165) is 11.1 Å².